The van der Waals surface area contributed by atoms with Crippen LogP contribution < -0.4 is 5.73 Å². The van der Waals surface area contributed by atoms with Gasteiger partial charge in [-0.1, -0.05) is 53.0 Å². The van der Waals surface area contributed by atoms with Crippen molar-refractivity contribution in [2.75, 3.05) is 0 Å². The second kappa shape index (κ2) is 5.45. The summed E-state index contributed by atoms with van der Waals surface area (Å²) in [6.07, 6.45) is 0. The van der Waals surface area contributed by atoms with Gasteiger partial charge in [-0.05, 0) is 23.8 Å². The minimum absolute atomic E-state index is 0.211. The summed E-state index contributed by atoms with van der Waals surface area (Å²) < 4.78 is 13.8. The first-order valence-electron chi connectivity index (χ1n) is 5.15. The lowest BCUT2D eigenvalue weighted by atomic mass is 9.99. The zero-order valence-electron chi connectivity index (χ0n) is 9.13. The molecule has 2 aromatic rings. The van der Waals surface area contributed by atoms with Crippen molar-refractivity contribution in [2.45, 2.75) is 6.04 Å². The first-order valence-corrected chi connectivity index (χ1v) is 6.29. The topological polar surface area (TPSA) is 26.0 Å². The molecule has 0 aliphatic rings. The molecule has 0 fully saturated rings. The minimum atomic E-state index is -0.759. The van der Waals surface area contributed by atoms with Crippen LogP contribution in [-0.4, -0.2) is 0 Å². The normalized spacial score (nSPS) is 12.5. The van der Waals surface area contributed by atoms with Crippen molar-refractivity contribution in [3.8, 4) is 0 Å². The quantitative estimate of drug-likeness (QED) is 0.844. The van der Waals surface area contributed by atoms with Crippen molar-refractivity contribution in [1.29, 1.82) is 0 Å². The maximum absolute atomic E-state index is 13.8. The van der Waals surface area contributed by atoms with Gasteiger partial charge in [0, 0.05) is 10.6 Å². The predicted octanol–water partition coefficient (Wildman–Crippen LogP) is 4.83. The molecule has 0 aliphatic heterocycles. The van der Waals surface area contributed by atoms with Crippen molar-refractivity contribution < 1.29 is 4.39 Å². The summed E-state index contributed by atoms with van der Waals surface area (Å²) in [5.41, 5.74) is 6.77. The molecule has 1 unspecified atom stereocenters. The van der Waals surface area contributed by atoms with Crippen molar-refractivity contribution in [1.82, 2.24) is 0 Å². The molecule has 2 aromatic carbocycles. The van der Waals surface area contributed by atoms with Gasteiger partial charge in [-0.3, -0.25) is 0 Å². The molecule has 1 nitrogen and oxygen atoms in total. The van der Waals surface area contributed by atoms with Gasteiger partial charge in [0.25, 0.3) is 0 Å². The van der Waals surface area contributed by atoms with Gasteiger partial charge >= 0.3 is 0 Å². The number of nitrogens with two attached hydrogens (primary N) is 1. The highest BCUT2D eigenvalue weighted by Gasteiger charge is 2.20. The molecule has 94 valence electrons. The molecular weight excluding hydrogens is 296 g/mol. The van der Waals surface area contributed by atoms with Crippen LogP contribution >= 0.6 is 34.8 Å². The standard InChI is InChI=1S/C13H9Cl3FN/c14-8-4-2-6-10(17)11(8)13(18)7-3-1-5-9(15)12(7)16/h1-6,13H,18H2. The van der Waals surface area contributed by atoms with Crippen molar-refractivity contribution >= 4 is 34.8 Å². The number of rotatable bonds is 2. The molecule has 1 atom stereocenters. The van der Waals surface area contributed by atoms with E-state index in [0.717, 1.165) is 0 Å². The Morgan fingerprint density at radius 1 is 0.944 bits per heavy atom. The van der Waals surface area contributed by atoms with Gasteiger partial charge in [-0.25, -0.2) is 4.39 Å². The van der Waals surface area contributed by atoms with E-state index in [4.69, 9.17) is 40.5 Å². The molecule has 18 heavy (non-hydrogen) atoms. The predicted molar refractivity (Wildman–Crippen MR) is 73.9 cm³/mol. The molecule has 0 spiro atoms. The van der Waals surface area contributed by atoms with E-state index >= 15 is 0 Å². The Balaban J connectivity index is 2.55. The maximum atomic E-state index is 13.8. The van der Waals surface area contributed by atoms with Crippen LogP contribution in [0.4, 0.5) is 4.39 Å². The zero-order valence-corrected chi connectivity index (χ0v) is 11.4. The molecule has 0 saturated carbocycles. The molecule has 2 rings (SSSR count). The molecule has 0 aliphatic carbocycles. The second-order valence-electron chi connectivity index (χ2n) is 3.76. The maximum Gasteiger partial charge on any atom is 0.129 e. The van der Waals surface area contributed by atoms with Crippen molar-refractivity contribution in [3.63, 3.8) is 0 Å². The van der Waals surface area contributed by atoms with Gasteiger partial charge in [0.1, 0.15) is 5.82 Å². The molecule has 2 N–H and O–H groups in total. The average Bonchev–Trinajstić information content (AvgIpc) is 2.32. The Labute approximate surface area is 119 Å². The summed E-state index contributed by atoms with van der Waals surface area (Å²) in [4.78, 5) is 0. The molecule has 0 heterocycles. The molecule has 0 bridgehead atoms. The van der Waals surface area contributed by atoms with E-state index in [9.17, 15) is 4.39 Å². The summed E-state index contributed by atoms with van der Waals surface area (Å²) in [6.45, 7) is 0. The number of benzene rings is 2. The van der Waals surface area contributed by atoms with Crippen LogP contribution in [0.15, 0.2) is 36.4 Å². The van der Waals surface area contributed by atoms with Crippen LogP contribution in [0.3, 0.4) is 0 Å². The van der Waals surface area contributed by atoms with E-state index in [1.54, 1.807) is 24.3 Å². The van der Waals surface area contributed by atoms with Gasteiger partial charge in [0.05, 0.1) is 16.1 Å². The zero-order chi connectivity index (χ0) is 13.3. The first kappa shape index (κ1) is 13.6. The summed E-state index contributed by atoms with van der Waals surface area (Å²) in [6, 6.07) is 8.69. The highest BCUT2D eigenvalue weighted by atomic mass is 35.5. The van der Waals surface area contributed by atoms with Crippen LogP contribution in [0.1, 0.15) is 17.2 Å². The summed E-state index contributed by atoms with van der Waals surface area (Å²) in [5.74, 6) is -0.467. The van der Waals surface area contributed by atoms with E-state index in [1.165, 1.54) is 12.1 Å². The first-order chi connectivity index (χ1) is 8.52. The van der Waals surface area contributed by atoms with E-state index in [1.807, 2.05) is 0 Å². The van der Waals surface area contributed by atoms with Crippen LogP contribution in [0.5, 0.6) is 0 Å². The largest absolute Gasteiger partial charge is 0.320 e. The van der Waals surface area contributed by atoms with Crippen molar-refractivity contribution in [3.05, 3.63) is 68.4 Å². The Morgan fingerprint density at radius 3 is 2.22 bits per heavy atom. The molecule has 0 aromatic heterocycles. The third-order valence-corrected chi connectivity index (χ3v) is 3.79. The smallest absolute Gasteiger partial charge is 0.129 e. The SMILES string of the molecule is NC(c1cccc(Cl)c1Cl)c1c(F)cccc1Cl. The van der Waals surface area contributed by atoms with E-state index < -0.39 is 11.9 Å². The van der Waals surface area contributed by atoms with Crippen LogP contribution in [-0.2, 0) is 0 Å². The molecular formula is C13H9Cl3FN. The molecule has 0 amide bonds. The lowest BCUT2D eigenvalue weighted by Gasteiger charge is -2.17. The van der Waals surface area contributed by atoms with Gasteiger partial charge in [-0.15, -0.1) is 0 Å². The molecule has 0 radical (unpaired) electrons. The third kappa shape index (κ3) is 2.47. The van der Waals surface area contributed by atoms with Crippen LogP contribution in [0, 0.1) is 5.82 Å². The van der Waals surface area contributed by atoms with Crippen LogP contribution in [0.2, 0.25) is 15.1 Å². The highest BCUT2D eigenvalue weighted by Crippen LogP contribution is 2.35. The summed E-state index contributed by atoms with van der Waals surface area (Å²) in [7, 11) is 0. The minimum Gasteiger partial charge on any atom is -0.320 e. The lowest BCUT2D eigenvalue weighted by molar-refractivity contribution is 0.600. The third-order valence-electron chi connectivity index (χ3n) is 2.63. The van der Waals surface area contributed by atoms with Gasteiger partial charge < -0.3 is 5.73 Å². The number of hydrogen-bond donors (Lipinski definition) is 1. The van der Waals surface area contributed by atoms with Gasteiger partial charge in [0.2, 0.25) is 0 Å². The number of hydrogen-bond acceptors (Lipinski definition) is 1. The van der Waals surface area contributed by atoms with Gasteiger partial charge in [-0.2, -0.15) is 0 Å². The van der Waals surface area contributed by atoms with Gasteiger partial charge in [0.15, 0.2) is 0 Å². The molecule has 5 heteroatoms. The van der Waals surface area contributed by atoms with Crippen molar-refractivity contribution in [2.24, 2.45) is 5.73 Å². The Hall–Kier alpha value is -0.800. The monoisotopic (exact) mass is 303 g/mol. The summed E-state index contributed by atoms with van der Waals surface area (Å²) in [5, 5.41) is 0.946. The highest BCUT2D eigenvalue weighted by molar-refractivity contribution is 6.42. The molecule has 0 saturated heterocycles. The fraction of sp³-hybridized carbons (Fsp3) is 0.0769. The lowest BCUT2D eigenvalue weighted by Crippen LogP contribution is -2.14. The Kier molecular flexibility index (Phi) is 4.13. The Bertz CT molecular complexity index is 566. The van der Waals surface area contributed by atoms with E-state index in [-0.39, 0.29) is 10.6 Å². The van der Waals surface area contributed by atoms with Crippen LogP contribution in [0.25, 0.3) is 0 Å². The average molecular weight is 305 g/mol. The van der Waals surface area contributed by atoms with E-state index in [2.05, 4.69) is 0 Å². The number of halogens is 4. The van der Waals surface area contributed by atoms with E-state index in [0.29, 0.717) is 15.6 Å². The summed E-state index contributed by atoms with van der Waals surface area (Å²) >= 11 is 17.9. The fourth-order valence-electron chi connectivity index (χ4n) is 1.72. The Morgan fingerprint density at radius 2 is 1.56 bits per heavy atom. The second-order valence-corrected chi connectivity index (χ2v) is 4.95. The fourth-order valence-corrected chi connectivity index (χ4v) is 2.43.